The monoisotopic (exact) mass is 376 g/mol. The largest absolute Gasteiger partial charge is 0.264 e. The Balaban J connectivity index is 1.36. The van der Waals surface area contributed by atoms with Crippen LogP contribution in [0.25, 0.3) is 0 Å². The number of pyridine rings is 2. The molecule has 0 N–H and O–H groups in total. The Morgan fingerprint density at radius 2 is 1.03 bits per heavy atom. The lowest BCUT2D eigenvalue weighted by molar-refractivity contribution is 1.19. The zero-order valence-corrected chi connectivity index (χ0v) is 15.9. The fraction of sp³-hybridized carbons (Fsp3) is 0.0400. The molecule has 2 aromatic heterocycles. The van der Waals surface area contributed by atoms with E-state index in [1.807, 2.05) is 61.0 Å². The highest BCUT2D eigenvalue weighted by Crippen LogP contribution is 2.18. The van der Waals surface area contributed by atoms with E-state index in [1.165, 1.54) is 11.1 Å². The molecule has 0 aliphatic rings. The molecule has 29 heavy (non-hydrogen) atoms. The molecule has 4 aromatic rings. The van der Waals surface area contributed by atoms with Crippen molar-refractivity contribution in [2.45, 2.75) is 6.42 Å². The zero-order chi connectivity index (χ0) is 19.7. The summed E-state index contributed by atoms with van der Waals surface area (Å²) in [6.07, 6.45) is 11.6. The van der Waals surface area contributed by atoms with Crippen molar-refractivity contribution in [2.75, 3.05) is 0 Å². The number of benzene rings is 2. The maximum atomic E-state index is 4.50. The van der Waals surface area contributed by atoms with Crippen LogP contribution in [0.3, 0.4) is 0 Å². The molecule has 4 nitrogen and oxygen atoms in total. The Labute approximate surface area is 170 Å². The summed E-state index contributed by atoms with van der Waals surface area (Å²) < 4.78 is 0. The molecule has 2 heterocycles. The van der Waals surface area contributed by atoms with E-state index in [1.54, 1.807) is 24.8 Å². The van der Waals surface area contributed by atoms with E-state index in [0.29, 0.717) is 0 Å². The fourth-order valence-corrected chi connectivity index (χ4v) is 2.84. The molecule has 0 spiro atoms. The van der Waals surface area contributed by atoms with E-state index in [9.17, 15) is 0 Å². The van der Waals surface area contributed by atoms with E-state index in [4.69, 9.17) is 0 Å². The van der Waals surface area contributed by atoms with Gasteiger partial charge in [0, 0.05) is 48.3 Å². The van der Waals surface area contributed by atoms with Crippen LogP contribution >= 0.6 is 0 Å². The molecule has 4 rings (SSSR count). The molecule has 0 bridgehead atoms. The van der Waals surface area contributed by atoms with Gasteiger partial charge < -0.3 is 0 Å². The third-order valence-corrected chi connectivity index (χ3v) is 4.38. The molecule has 0 fully saturated rings. The maximum Gasteiger partial charge on any atom is 0.0630 e. The number of hydrogen-bond donors (Lipinski definition) is 0. The molecular formula is C25H20N4. The summed E-state index contributed by atoms with van der Waals surface area (Å²) >= 11 is 0. The van der Waals surface area contributed by atoms with Crippen LogP contribution in [0.2, 0.25) is 0 Å². The second kappa shape index (κ2) is 9.33. The van der Waals surface area contributed by atoms with Crippen molar-refractivity contribution in [1.82, 2.24) is 9.97 Å². The van der Waals surface area contributed by atoms with Crippen molar-refractivity contribution in [1.29, 1.82) is 0 Å². The molecule has 0 aliphatic carbocycles. The Bertz CT molecular complexity index is 994. The van der Waals surface area contributed by atoms with Crippen LogP contribution in [0.5, 0.6) is 0 Å². The van der Waals surface area contributed by atoms with E-state index in [0.717, 1.165) is 28.9 Å². The molecule has 0 aliphatic heterocycles. The first kappa shape index (κ1) is 18.4. The summed E-state index contributed by atoms with van der Waals surface area (Å²) in [5, 5.41) is 0. The van der Waals surface area contributed by atoms with Crippen LogP contribution in [-0.4, -0.2) is 22.4 Å². The van der Waals surface area contributed by atoms with E-state index in [2.05, 4.69) is 44.2 Å². The standard InChI is InChI=1S/C25H20N4/c1-3-22(16-26-13-1)18-28-24-9-5-20(6-10-24)15-21-7-11-25(12-8-21)29-19-23-4-2-14-27-17-23/h1-14,16-19H,15H2. The molecule has 4 heteroatoms. The number of aliphatic imine (C=N–C) groups is 2. The van der Waals surface area contributed by atoms with Crippen molar-refractivity contribution in [3.8, 4) is 0 Å². The van der Waals surface area contributed by atoms with Crippen LogP contribution in [0.15, 0.2) is 108 Å². The summed E-state index contributed by atoms with van der Waals surface area (Å²) in [5.74, 6) is 0. The summed E-state index contributed by atoms with van der Waals surface area (Å²) in [6.45, 7) is 0. The Hall–Kier alpha value is -3.92. The molecule has 0 atom stereocenters. The van der Waals surface area contributed by atoms with Crippen molar-refractivity contribution < 1.29 is 0 Å². The van der Waals surface area contributed by atoms with Crippen LogP contribution < -0.4 is 0 Å². The number of hydrogen-bond acceptors (Lipinski definition) is 4. The zero-order valence-electron chi connectivity index (χ0n) is 15.9. The van der Waals surface area contributed by atoms with E-state index >= 15 is 0 Å². The van der Waals surface area contributed by atoms with Gasteiger partial charge in [0.05, 0.1) is 11.4 Å². The lowest BCUT2D eigenvalue weighted by atomic mass is 10.0. The molecule has 0 amide bonds. The number of rotatable bonds is 6. The van der Waals surface area contributed by atoms with Gasteiger partial charge in [-0.25, -0.2) is 0 Å². The fourth-order valence-electron chi connectivity index (χ4n) is 2.84. The second-order valence-electron chi connectivity index (χ2n) is 6.60. The van der Waals surface area contributed by atoms with Crippen LogP contribution in [-0.2, 0) is 6.42 Å². The molecule has 0 radical (unpaired) electrons. The molecule has 2 aromatic carbocycles. The molecule has 140 valence electrons. The highest BCUT2D eigenvalue weighted by molar-refractivity contribution is 5.81. The summed E-state index contributed by atoms with van der Waals surface area (Å²) in [6, 6.07) is 24.4. The quantitative estimate of drug-likeness (QED) is 0.413. The van der Waals surface area contributed by atoms with E-state index < -0.39 is 0 Å². The van der Waals surface area contributed by atoms with Crippen LogP contribution in [0.4, 0.5) is 11.4 Å². The SMILES string of the molecule is C(=Nc1ccc(Cc2ccc(N=Cc3cccnc3)cc2)cc1)c1cccnc1. The van der Waals surface area contributed by atoms with Gasteiger partial charge in [-0.1, -0.05) is 36.4 Å². The molecule has 0 saturated carbocycles. The average Bonchev–Trinajstić information content (AvgIpc) is 2.80. The Morgan fingerprint density at radius 1 is 0.586 bits per heavy atom. The van der Waals surface area contributed by atoms with Gasteiger partial charge in [0.2, 0.25) is 0 Å². The van der Waals surface area contributed by atoms with Crippen LogP contribution in [0.1, 0.15) is 22.3 Å². The second-order valence-corrected chi connectivity index (χ2v) is 6.60. The van der Waals surface area contributed by atoms with Gasteiger partial charge in [-0.3, -0.25) is 20.0 Å². The summed E-state index contributed by atoms with van der Waals surface area (Å²) in [4.78, 5) is 17.2. The van der Waals surface area contributed by atoms with Crippen molar-refractivity contribution in [2.24, 2.45) is 9.98 Å². The van der Waals surface area contributed by atoms with Gasteiger partial charge in [0.1, 0.15) is 0 Å². The number of nitrogens with zero attached hydrogens (tertiary/aromatic N) is 4. The topological polar surface area (TPSA) is 50.5 Å². The molecular weight excluding hydrogens is 356 g/mol. The Morgan fingerprint density at radius 3 is 1.41 bits per heavy atom. The third-order valence-electron chi connectivity index (χ3n) is 4.38. The van der Waals surface area contributed by atoms with Gasteiger partial charge in [-0.05, 0) is 53.9 Å². The van der Waals surface area contributed by atoms with Crippen molar-refractivity contribution in [3.63, 3.8) is 0 Å². The maximum absolute atomic E-state index is 4.50. The smallest absolute Gasteiger partial charge is 0.0630 e. The first-order valence-electron chi connectivity index (χ1n) is 9.41. The predicted molar refractivity (Wildman–Crippen MR) is 119 cm³/mol. The minimum absolute atomic E-state index is 0.874. The molecule has 0 saturated heterocycles. The van der Waals surface area contributed by atoms with Crippen molar-refractivity contribution >= 4 is 23.8 Å². The molecule has 0 unspecified atom stereocenters. The first-order chi connectivity index (χ1) is 14.3. The minimum atomic E-state index is 0.874. The lowest BCUT2D eigenvalue weighted by Crippen LogP contribution is -1.87. The summed E-state index contributed by atoms with van der Waals surface area (Å²) in [5.41, 5.74) is 6.33. The Kier molecular flexibility index (Phi) is 5.93. The number of aromatic nitrogens is 2. The summed E-state index contributed by atoms with van der Waals surface area (Å²) in [7, 11) is 0. The third kappa shape index (κ3) is 5.53. The van der Waals surface area contributed by atoms with E-state index in [-0.39, 0.29) is 0 Å². The minimum Gasteiger partial charge on any atom is -0.264 e. The van der Waals surface area contributed by atoms with Gasteiger partial charge in [-0.2, -0.15) is 0 Å². The lowest BCUT2D eigenvalue weighted by Gasteiger charge is -2.03. The van der Waals surface area contributed by atoms with Gasteiger partial charge in [-0.15, -0.1) is 0 Å². The van der Waals surface area contributed by atoms with Crippen LogP contribution in [0, 0.1) is 0 Å². The highest BCUT2D eigenvalue weighted by Gasteiger charge is 1.98. The average molecular weight is 376 g/mol. The van der Waals surface area contributed by atoms with Crippen molar-refractivity contribution in [3.05, 3.63) is 120 Å². The predicted octanol–water partition coefficient (Wildman–Crippen LogP) is 5.57. The first-order valence-corrected chi connectivity index (χ1v) is 9.41. The van der Waals surface area contributed by atoms with Gasteiger partial charge in [0.15, 0.2) is 0 Å². The normalized spacial score (nSPS) is 11.3. The highest BCUT2D eigenvalue weighted by atomic mass is 14.7. The van der Waals surface area contributed by atoms with Gasteiger partial charge in [0.25, 0.3) is 0 Å². The van der Waals surface area contributed by atoms with Gasteiger partial charge >= 0.3 is 0 Å².